The van der Waals surface area contributed by atoms with Crippen LogP contribution in [0.1, 0.15) is 20.8 Å². The summed E-state index contributed by atoms with van der Waals surface area (Å²) in [6.07, 6.45) is 12.5. The van der Waals surface area contributed by atoms with Gasteiger partial charge in [-0.3, -0.25) is 0 Å². The van der Waals surface area contributed by atoms with E-state index in [-0.39, 0.29) is 0 Å². The molecule has 0 N–H and O–H groups in total. The van der Waals surface area contributed by atoms with Crippen molar-refractivity contribution in [3.8, 4) is 0 Å². The van der Waals surface area contributed by atoms with Crippen LogP contribution in [0.15, 0.2) is 36.5 Å². The van der Waals surface area contributed by atoms with E-state index in [0.717, 1.165) is 13.3 Å². The maximum atomic E-state index is 10.7. The van der Waals surface area contributed by atoms with Crippen LogP contribution in [-0.2, 0) is 7.87 Å². The van der Waals surface area contributed by atoms with E-state index in [9.17, 15) is 4.79 Å². The molecule has 0 rings (SSSR count). The number of carbonyl (C=O) groups is 1. The van der Waals surface area contributed by atoms with E-state index in [0.29, 0.717) is 6.47 Å². The van der Waals surface area contributed by atoms with Gasteiger partial charge in [-0.25, -0.2) is 0 Å². The summed E-state index contributed by atoms with van der Waals surface area (Å²) in [5.74, 6) is 0. The van der Waals surface area contributed by atoms with Gasteiger partial charge >= 0.3 is 104 Å². The van der Waals surface area contributed by atoms with E-state index in [2.05, 4.69) is 18.2 Å². The minimum absolute atomic E-state index is 0.645. The molecule has 0 aromatic heterocycles. The second kappa shape index (κ2) is 9.70. The van der Waals surface area contributed by atoms with Crippen LogP contribution in [0.25, 0.3) is 0 Å². The van der Waals surface area contributed by atoms with E-state index in [1.807, 2.05) is 39.0 Å². The van der Waals surface area contributed by atoms with Crippen molar-refractivity contribution in [2.45, 2.75) is 34.1 Å². The zero-order chi connectivity index (χ0) is 12.3. The van der Waals surface area contributed by atoms with E-state index in [1.54, 1.807) is 0 Å². The first-order valence-electron chi connectivity index (χ1n) is 5.69. The number of carbonyl (C=O) groups excluding carboxylic acids is 1. The predicted molar refractivity (Wildman–Crippen MR) is 71.8 cm³/mol. The topological polar surface area (TPSA) is 26.3 Å². The van der Waals surface area contributed by atoms with Gasteiger partial charge in [0.05, 0.1) is 0 Å². The van der Waals surface area contributed by atoms with Crippen molar-refractivity contribution in [1.82, 2.24) is 0 Å². The monoisotopic (exact) mass is 330 g/mol. The molecule has 0 aliphatic rings. The first-order chi connectivity index (χ1) is 7.74. The van der Waals surface area contributed by atoms with Crippen LogP contribution in [0, 0.1) is 0 Å². The second-order valence-corrected chi connectivity index (χ2v) is 14.6. The second-order valence-electron chi connectivity index (χ2n) is 3.72. The molecule has 0 fully saturated rings. The van der Waals surface area contributed by atoms with Gasteiger partial charge in [0.25, 0.3) is 0 Å². The summed E-state index contributed by atoms with van der Waals surface area (Å²) in [6.45, 7) is 6.65. The normalized spacial score (nSPS) is 15.9. The Bertz CT molecular complexity index is 231. The van der Waals surface area contributed by atoms with Crippen molar-refractivity contribution >= 4 is 25.3 Å². The molecule has 0 aliphatic heterocycles. The van der Waals surface area contributed by atoms with E-state index >= 15 is 0 Å². The van der Waals surface area contributed by atoms with Crippen molar-refractivity contribution in [3.05, 3.63) is 36.5 Å². The molecule has 0 aromatic rings. The van der Waals surface area contributed by atoms with Gasteiger partial charge in [-0.2, -0.15) is 0 Å². The Morgan fingerprint density at radius 2 is 1.25 bits per heavy atom. The van der Waals surface area contributed by atoms with Crippen LogP contribution in [-0.4, -0.2) is 25.3 Å². The molecule has 0 saturated carbocycles. The Balaban J connectivity index is 4.77. The molecule has 0 bridgehead atoms. The number of allylic oxidation sites excluding steroid dienone is 6. The summed E-state index contributed by atoms with van der Waals surface area (Å²) in [4.78, 5) is 10.7. The molecule has 0 saturated heterocycles. The van der Waals surface area contributed by atoms with Crippen molar-refractivity contribution < 1.29 is 7.87 Å². The van der Waals surface area contributed by atoms with Gasteiger partial charge in [-0.05, 0) is 0 Å². The van der Waals surface area contributed by atoms with Gasteiger partial charge in [0, 0.05) is 0 Å². The van der Waals surface area contributed by atoms with E-state index < -0.39 is 18.8 Å². The minimum atomic E-state index is -2.79. The Kier molecular flexibility index (Phi) is 9.39. The molecule has 0 aliphatic carbocycles. The predicted octanol–water partition coefficient (Wildman–Crippen LogP) is 3.83. The molecule has 0 amide bonds. The molecule has 2 nitrogen and oxygen atoms in total. The van der Waals surface area contributed by atoms with Crippen molar-refractivity contribution in [2.75, 3.05) is 0 Å². The third-order valence-electron chi connectivity index (χ3n) is 2.47. The van der Waals surface area contributed by atoms with Gasteiger partial charge in [-0.1, -0.05) is 0 Å². The quantitative estimate of drug-likeness (QED) is 0.384. The Hall–Kier alpha value is -0.511. The summed E-state index contributed by atoms with van der Waals surface area (Å²) in [6, 6.07) is 0. The Morgan fingerprint density at radius 1 is 0.875 bits per heavy atom. The molecule has 0 unspecified atom stereocenters. The number of hydrogen-bond donors (Lipinski definition) is 0. The molecule has 0 atom stereocenters. The number of hydrogen-bond acceptors (Lipinski definition) is 2. The molecule has 90 valence electrons. The summed E-state index contributed by atoms with van der Waals surface area (Å²) in [7, 11) is 0. The number of rotatable bonds is 8. The molecule has 0 aromatic carbocycles. The standard InChI is InChI=1S/3C4H7.CH2O2.Sn/c3*1-3-4-2;2-1-3;/h3*3-4H,1H2,2H3;1H,(H,2,3);/q;;;;+1/p-1. The van der Waals surface area contributed by atoms with Crippen LogP contribution >= 0.6 is 0 Å². The first-order valence-corrected chi connectivity index (χ1v) is 12.9. The van der Waals surface area contributed by atoms with E-state index in [4.69, 9.17) is 3.07 Å². The van der Waals surface area contributed by atoms with Crippen LogP contribution in [0.5, 0.6) is 0 Å². The van der Waals surface area contributed by atoms with Crippen LogP contribution < -0.4 is 0 Å². The molecular formula is C13H22O2Sn. The zero-order valence-corrected chi connectivity index (χ0v) is 13.3. The van der Waals surface area contributed by atoms with Crippen molar-refractivity contribution in [3.63, 3.8) is 0 Å². The molecular weight excluding hydrogens is 307 g/mol. The summed E-state index contributed by atoms with van der Waals surface area (Å²) in [5.41, 5.74) is 0. The van der Waals surface area contributed by atoms with Gasteiger partial charge < -0.3 is 0 Å². The van der Waals surface area contributed by atoms with Gasteiger partial charge in [-0.15, -0.1) is 0 Å². The Morgan fingerprint density at radius 3 is 1.50 bits per heavy atom. The van der Waals surface area contributed by atoms with Gasteiger partial charge in [0.1, 0.15) is 0 Å². The van der Waals surface area contributed by atoms with Gasteiger partial charge in [0.2, 0.25) is 0 Å². The molecule has 3 heteroatoms. The molecule has 0 radical (unpaired) electrons. The fraction of sp³-hybridized carbons (Fsp3) is 0.462. The molecule has 0 heterocycles. The third-order valence-corrected chi connectivity index (χ3v) is 12.6. The average molecular weight is 329 g/mol. The fourth-order valence-corrected chi connectivity index (χ4v) is 10.0. The summed E-state index contributed by atoms with van der Waals surface area (Å²) < 4.78 is 8.38. The van der Waals surface area contributed by atoms with Crippen LogP contribution in [0.2, 0.25) is 13.3 Å². The molecule has 16 heavy (non-hydrogen) atoms. The Labute approximate surface area is 103 Å². The average Bonchev–Trinajstić information content (AvgIpc) is 2.31. The summed E-state index contributed by atoms with van der Waals surface area (Å²) >= 11 is -2.79. The zero-order valence-electron chi connectivity index (χ0n) is 10.5. The molecule has 0 spiro atoms. The van der Waals surface area contributed by atoms with E-state index in [1.165, 1.54) is 0 Å². The van der Waals surface area contributed by atoms with Gasteiger partial charge in [0.15, 0.2) is 0 Å². The maximum absolute atomic E-state index is 10.7. The van der Waals surface area contributed by atoms with Crippen molar-refractivity contribution in [1.29, 1.82) is 0 Å². The van der Waals surface area contributed by atoms with Crippen LogP contribution in [0.4, 0.5) is 0 Å². The fourth-order valence-electron chi connectivity index (χ4n) is 1.49. The SMILES string of the molecule is CC=C[CH2][Sn]([CH2]C=CC)([CH2]C=CC)[O]C=O. The summed E-state index contributed by atoms with van der Waals surface area (Å²) in [5, 5.41) is 0. The van der Waals surface area contributed by atoms with Crippen LogP contribution in [0.3, 0.4) is 0 Å². The first kappa shape index (κ1) is 15.5. The third kappa shape index (κ3) is 6.15. The van der Waals surface area contributed by atoms with Crippen molar-refractivity contribution in [2.24, 2.45) is 0 Å².